The van der Waals surface area contributed by atoms with Crippen molar-refractivity contribution in [1.29, 1.82) is 0 Å². The smallest absolute Gasteiger partial charge is 0.186 e. The van der Waals surface area contributed by atoms with E-state index in [1.165, 1.54) is 0 Å². The molecule has 2 aromatic rings. The molecule has 0 saturated heterocycles. The predicted octanol–water partition coefficient (Wildman–Crippen LogP) is 4.45. The van der Waals surface area contributed by atoms with Crippen LogP contribution in [0, 0.1) is 0 Å². The molecule has 2 aromatic heterocycles. The number of ether oxygens (including phenoxy) is 2. The molecule has 12 heteroatoms. The number of hydrogen-bond acceptors (Lipinski definition) is 12. The Morgan fingerprint density at radius 2 is 1.12 bits per heavy atom. The van der Waals surface area contributed by atoms with Crippen LogP contribution in [-0.4, -0.2) is 58.3 Å². The average molecular weight is 443 g/mol. The van der Waals surface area contributed by atoms with Gasteiger partial charge in [-0.2, -0.15) is 0 Å². The molecule has 0 atom stereocenters. The molecule has 24 heavy (non-hydrogen) atoms. The van der Waals surface area contributed by atoms with E-state index in [-0.39, 0.29) is 0 Å². The zero-order valence-electron chi connectivity index (χ0n) is 13.3. The van der Waals surface area contributed by atoms with Crippen LogP contribution in [0.25, 0.3) is 0 Å². The number of thioether (sulfide) groups is 2. The fraction of sp³-hybridized carbons (Fsp3) is 0.667. The standard InChI is InChI=1S/C12H18N4O2S6/c1-3-17-5-7-19-9-13-15-11(21-9)23-24-12-16-14-10(22-12)20-8-6-18-4-2/h3-8H2,1-2H3. The van der Waals surface area contributed by atoms with Gasteiger partial charge in [-0.25, -0.2) is 0 Å². The second-order valence-corrected chi connectivity index (χ2v) is 11.2. The van der Waals surface area contributed by atoms with Crippen LogP contribution in [0.3, 0.4) is 0 Å². The SMILES string of the molecule is CCOCCSc1nnc(SSc2nnc(SCCOCC)s2)s1. The molecule has 0 spiro atoms. The van der Waals surface area contributed by atoms with Gasteiger partial charge in [-0.05, 0) is 35.4 Å². The highest BCUT2D eigenvalue weighted by Gasteiger charge is 2.10. The van der Waals surface area contributed by atoms with Gasteiger partial charge in [0.1, 0.15) is 0 Å². The Balaban J connectivity index is 1.68. The Hall–Kier alpha value is 0.440. The zero-order valence-corrected chi connectivity index (χ0v) is 18.2. The van der Waals surface area contributed by atoms with Gasteiger partial charge in [-0.1, -0.05) is 46.2 Å². The van der Waals surface area contributed by atoms with Gasteiger partial charge in [0.25, 0.3) is 0 Å². The van der Waals surface area contributed by atoms with E-state index in [9.17, 15) is 0 Å². The zero-order chi connectivity index (χ0) is 17.0. The first kappa shape index (κ1) is 20.7. The third-order valence-corrected chi connectivity index (χ3v) is 9.27. The molecule has 0 bridgehead atoms. The maximum absolute atomic E-state index is 5.31. The van der Waals surface area contributed by atoms with Crippen molar-refractivity contribution in [2.75, 3.05) is 37.9 Å². The van der Waals surface area contributed by atoms with Crippen molar-refractivity contribution in [1.82, 2.24) is 20.4 Å². The molecule has 0 aliphatic heterocycles. The van der Waals surface area contributed by atoms with Gasteiger partial charge in [0.05, 0.1) is 13.2 Å². The molecule has 0 saturated carbocycles. The van der Waals surface area contributed by atoms with Crippen molar-refractivity contribution < 1.29 is 9.47 Å². The molecule has 0 aromatic carbocycles. The molecule has 0 amide bonds. The lowest BCUT2D eigenvalue weighted by Gasteiger charge is -1.97. The minimum absolute atomic E-state index is 0.743. The van der Waals surface area contributed by atoms with E-state index in [4.69, 9.17) is 9.47 Å². The third-order valence-electron chi connectivity index (χ3n) is 2.27. The molecule has 0 N–H and O–H groups in total. The largest absolute Gasteiger partial charge is 0.381 e. The molecule has 0 radical (unpaired) electrons. The molecule has 0 unspecified atom stereocenters. The first-order valence-electron chi connectivity index (χ1n) is 7.24. The van der Waals surface area contributed by atoms with Crippen molar-refractivity contribution >= 4 is 67.8 Å². The van der Waals surface area contributed by atoms with E-state index in [0.29, 0.717) is 0 Å². The van der Waals surface area contributed by atoms with Crippen LogP contribution in [0.2, 0.25) is 0 Å². The summed E-state index contributed by atoms with van der Waals surface area (Å²) in [6, 6.07) is 0. The monoisotopic (exact) mass is 442 g/mol. The minimum Gasteiger partial charge on any atom is -0.381 e. The van der Waals surface area contributed by atoms with Crippen LogP contribution < -0.4 is 0 Å². The summed E-state index contributed by atoms with van der Waals surface area (Å²) < 4.78 is 14.4. The lowest BCUT2D eigenvalue weighted by atomic mass is 10.8. The number of aromatic nitrogens is 4. The Labute approximate surface area is 166 Å². The molecule has 0 fully saturated rings. The van der Waals surface area contributed by atoms with Gasteiger partial charge in [-0.3, -0.25) is 0 Å². The van der Waals surface area contributed by atoms with E-state index in [2.05, 4.69) is 20.4 Å². The summed E-state index contributed by atoms with van der Waals surface area (Å²) in [4.78, 5) is 0. The van der Waals surface area contributed by atoms with Gasteiger partial charge >= 0.3 is 0 Å². The summed E-state index contributed by atoms with van der Waals surface area (Å²) in [5.74, 6) is 1.80. The normalized spacial score (nSPS) is 11.2. The van der Waals surface area contributed by atoms with Crippen molar-refractivity contribution in [3.05, 3.63) is 0 Å². The summed E-state index contributed by atoms with van der Waals surface area (Å²) in [6.45, 7) is 6.99. The van der Waals surface area contributed by atoms with E-state index >= 15 is 0 Å². The number of nitrogens with zero attached hydrogens (tertiary/aromatic N) is 4. The third kappa shape index (κ3) is 8.21. The van der Waals surface area contributed by atoms with Crippen LogP contribution in [-0.2, 0) is 9.47 Å². The topological polar surface area (TPSA) is 70.0 Å². The average Bonchev–Trinajstić information content (AvgIpc) is 3.23. The van der Waals surface area contributed by atoms with Crippen LogP contribution in [0.5, 0.6) is 0 Å². The summed E-state index contributed by atoms with van der Waals surface area (Å²) in [7, 11) is 3.15. The molecular formula is C12H18N4O2S6. The van der Waals surface area contributed by atoms with Gasteiger partial charge in [0.2, 0.25) is 0 Å². The van der Waals surface area contributed by atoms with E-state index in [1.54, 1.807) is 67.8 Å². The van der Waals surface area contributed by atoms with Crippen LogP contribution >= 0.6 is 67.8 Å². The van der Waals surface area contributed by atoms with Crippen molar-refractivity contribution in [3.8, 4) is 0 Å². The lowest BCUT2D eigenvalue weighted by Crippen LogP contribution is -1.95. The molecule has 2 rings (SSSR count). The van der Waals surface area contributed by atoms with Crippen LogP contribution in [0.15, 0.2) is 17.4 Å². The summed E-state index contributed by atoms with van der Waals surface area (Å²) in [5.41, 5.74) is 0. The Morgan fingerprint density at radius 1 is 0.708 bits per heavy atom. The van der Waals surface area contributed by atoms with Crippen LogP contribution in [0.1, 0.15) is 13.8 Å². The minimum atomic E-state index is 0.743. The summed E-state index contributed by atoms with van der Waals surface area (Å²) >= 11 is 6.55. The fourth-order valence-electron chi connectivity index (χ4n) is 1.31. The highest BCUT2D eigenvalue weighted by molar-refractivity contribution is 8.77. The molecule has 0 aliphatic carbocycles. The maximum atomic E-state index is 5.31. The summed E-state index contributed by atoms with van der Waals surface area (Å²) in [6.07, 6.45) is 0. The van der Waals surface area contributed by atoms with Gasteiger partial charge < -0.3 is 9.47 Å². The number of rotatable bonds is 13. The van der Waals surface area contributed by atoms with Crippen molar-refractivity contribution in [3.63, 3.8) is 0 Å². The Morgan fingerprint density at radius 3 is 1.54 bits per heavy atom. The molecule has 134 valence electrons. The van der Waals surface area contributed by atoms with E-state index < -0.39 is 0 Å². The fourth-order valence-corrected chi connectivity index (χ4v) is 7.54. The molecule has 6 nitrogen and oxygen atoms in total. The van der Waals surface area contributed by atoms with E-state index in [1.807, 2.05) is 13.8 Å². The molecular weight excluding hydrogens is 425 g/mol. The van der Waals surface area contributed by atoms with Crippen LogP contribution in [0.4, 0.5) is 0 Å². The van der Waals surface area contributed by atoms with Gasteiger partial charge in [0, 0.05) is 24.7 Å². The maximum Gasteiger partial charge on any atom is 0.186 e. The van der Waals surface area contributed by atoms with E-state index in [0.717, 1.165) is 55.3 Å². The lowest BCUT2D eigenvalue weighted by molar-refractivity contribution is 0.164. The second-order valence-electron chi connectivity index (χ2n) is 3.93. The predicted molar refractivity (Wildman–Crippen MR) is 106 cm³/mol. The molecule has 0 aliphatic rings. The first-order chi connectivity index (χ1) is 11.8. The summed E-state index contributed by atoms with van der Waals surface area (Å²) in [5, 5.41) is 16.7. The quantitative estimate of drug-likeness (QED) is 0.252. The highest BCUT2D eigenvalue weighted by Crippen LogP contribution is 2.42. The van der Waals surface area contributed by atoms with Crippen molar-refractivity contribution in [2.24, 2.45) is 0 Å². The second kappa shape index (κ2) is 12.7. The van der Waals surface area contributed by atoms with Gasteiger partial charge in [-0.15, -0.1) is 20.4 Å². The van der Waals surface area contributed by atoms with Crippen molar-refractivity contribution in [2.45, 2.75) is 31.2 Å². The highest BCUT2D eigenvalue weighted by atomic mass is 33.1. The molecule has 2 heterocycles. The Kier molecular flexibility index (Phi) is 11.0. The first-order valence-corrected chi connectivity index (χ1v) is 13.0. The van der Waals surface area contributed by atoms with Gasteiger partial charge in [0.15, 0.2) is 17.4 Å². The Bertz CT molecular complexity index is 531. The number of hydrogen-bond donors (Lipinski definition) is 0.